The van der Waals surface area contributed by atoms with Crippen LogP contribution in [0.4, 0.5) is 5.82 Å². The predicted octanol–water partition coefficient (Wildman–Crippen LogP) is 4.82. The van der Waals surface area contributed by atoms with Crippen molar-refractivity contribution in [1.82, 2.24) is 14.6 Å². The molecule has 0 amide bonds. The van der Waals surface area contributed by atoms with Crippen molar-refractivity contribution >= 4 is 22.4 Å². The largest absolute Gasteiger partial charge is 0.366 e. The summed E-state index contributed by atoms with van der Waals surface area (Å²) in [5, 5.41) is 9.76. The van der Waals surface area contributed by atoms with Gasteiger partial charge in [-0.2, -0.15) is 5.10 Å². The van der Waals surface area contributed by atoms with E-state index in [1.807, 2.05) is 11.4 Å². The number of aromatic nitrogens is 3. The lowest BCUT2D eigenvalue weighted by atomic mass is 9.70. The molecule has 3 aromatic rings. The molecule has 3 fully saturated rings. The zero-order valence-corrected chi connectivity index (χ0v) is 15.4. The van der Waals surface area contributed by atoms with Gasteiger partial charge in [-0.3, -0.25) is 0 Å². The SMILES string of the molecule is Cc1cc2nc(NC3CC4CCC5CC(C4)C3C5)c3ccccc3n2n1. The van der Waals surface area contributed by atoms with E-state index in [4.69, 9.17) is 4.98 Å². The fraction of sp³-hybridized carbons (Fsp3) is 0.545. The van der Waals surface area contributed by atoms with E-state index < -0.39 is 0 Å². The Morgan fingerprint density at radius 2 is 1.85 bits per heavy atom. The van der Waals surface area contributed by atoms with Gasteiger partial charge in [-0.25, -0.2) is 9.50 Å². The molecule has 3 saturated carbocycles. The number of anilines is 1. The molecule has 26 heavy (non-hydrogen) atoms. The molecule has 0 spiro atoms. The Morgan fingerprint density at radius 3 is 2.73 bits per heavy atom. The van der Waals surface area contributed by atoms with Gasteiger partial charge in [-0.05, 0) is 68.4 Å². The van der Waals surface area contributed by atoms with Crippen LogP contribution in [0.3, 0.4) is 0 Å². The topological polar surface area (TPSA) is 42.2 Å². The molecule has 3 aliphatic rings. The normalized spacial score (nSPS) is 33.0. The van der Waals surface area contributed by atoms with E-state index in [-0.39, 0.29) is 0 Å². The highest BCUT2D eigenvalue weighted by Crippen LogP contribution is 2.53. The minimum absolute atomic E-state index is 0.589. The highest BCUT2D eigenvalue weighted by Gasteiger charge is 2.46. The van der Waals surface area contributed by atoms with Crippen molar-refractivity contribution < 1.29 is 0 Å². The van der Waals surface area contributed by atoms with Gasteiger partial charge in [0.05, 0.1) is 11.2 Å². The van der Waals surface area contributed by atoms with Crippen molar-refractivity contribution in [2.75, 3.05) is 5.32 Å². The monoisotopic (exact) mass is 346 g/mol. The molecular formula is C22H26N4. The Balaban J connectivity index is 1.44. The quantitative estimate of drug-likeness (QED) is 0.723. The van der Waals surface area contributed by atoms with E-state index in [2.05, 4.69) is 40.7 Å². The highest BCUT2D eigenvalue weighted by atomic mass is 15.3. The standard InChI is InChI=1S/C22H26N4/c1-13-8-21-24-22(17-4-2-3-5-20(17)26(21)25-13)23-19-12-15-7-6-14-9-16(10-15)18(19)11-14/h2-5,8,14-16,18-19H,6-7,9-12H2,1H3,(H,23,24). The number of benzene rings is 1. The van der Waals surface area contributed by atoms with Gasteiger partial charge in [-0.1, -0.05) is 25.0 Å². The predicted molar refractivity (Wildman–Crippen MR) is 104 cm³/mol. The highest BCUT2D eigenvalue weighted by molar-refractivity contribution is 5.91. The Bertz CT molecular complexity index is 990. The molecule has 5 unspecified atom stereocenters. The molecule has 0 aliphatic heterocycles. The molecule has 4 nitrogen and oxygen atoms in total. The maximum absolute atomic E-state index is 4.98. The minimum Gasteiger partial charge on any atom is -0.366 e. The summed E-state index contributed by atoms with van der Waals surface area (Å²) in [5.41, 5.74) is 3.11. The smallest absolute Gasteiger partial charge is 0.158 e. The van der Waals surface area contributed by atoms with Crippen LogP contribution in [0.25, 0.3) is 16.6 Å². The van der Waals surface area contributed by atoms with E-state index in [0.717, 1.165) is 46.3 Å². The number of rotatable bonds is 2. The summed E-state index contributed by atoms with van der Waals surface area (Å²) in [6.45, 7) is 2.04. The first-order chi connectivity index (χ1) is 12.7. The first-order valence-electron chi connectivity index (χ1n) is 10.3. The first-order valence-corrected chi connectivity index (χ1v) is 10.3. The van der Waals surface area contributed by atoms with Gasteiger partial charge in [0.15, 0.2) is 5.65 Å². The number of para-hydroxylation sites is 1. The summed E-state index contributed by atoms with van der Waals surface area (Å²) in [7, 11) is 0. The van der Waals surface area contributed by atoms with Crippen LogP contribution in [0.15, 0.2) is 30.3 Å². The van der Waals surface area contributed by atoms with Crippen LogP contribution in [0, 0.1) is 30.6 Å². The summed E-state index contributed by atoms with van der Waals surface area (Å²) in [6, 6.07) is 11.2. The van der Waals surface area contributed by atoms with Gasteiger partial charge in [0, 0.05) is 17.5 Å². The third-order valence-electron chi connectivity index (χ3n) is 7.32. The zero-order valence-electron chi connectivity index (χ0n) is 15.4. The Kier molecular flexibility index (Phi) is 3.14. The second-order valence-corrected chi connectivity index (χ2v) is 8.96. The fourth-order valence-corrected chi connectivity index (χ4v) is 6.27. The second kappa shape index (κ2) is 5.45. The van der Waals surface area contributed by atoms with Gasteiger partial charge in [-0.15, -0.1) is 0 Å². The van der Waals surface area contributed by atoms with Gasteiger partial charge in [0.2, 0.25) is 0 Å². The number of hydrogen-bond acceptors (Lipinski definition) is 3. The van der Waals surface area contributed by atoms with E-state index in [1.165, 1.54) is 43.9 Å². The van der Waals surface area contributed by atoms with Gasteiger partial charge >= 0.3 is 0 Å². The molecule has 1 N–H and O–H groups in total. The summed E-state index contributed by atoms with van der Waals surface area (Å²) in [4.78, 5) is 4.98. The molecule has 1 aromatic carbocycles. The molecule has 3 aliphatic carbocycles. The van der Waals surface area contributed by atoms with Crippen LogP contribution >= 0.6 is 0 Å². The third kappa shape index (κ3) is 2.20. The molecule has 0 radical (unpaired) electrons. The van der Waals surface area contributed by atoms with Crippen LogP contribution in [-0.2, 0) is 0 Å². The molecule has 2 aromatic heterocycles. The molecular weight excluding hydrogens is 320 g/mol. The van der Waals surface area contributed by atoms with Crippen molar-refractivity contribution in [2.45, 2.75) is 51.5 Å². The average molecular weight is 346 g/mol. The van der Waals surface area contributed by atoms with Gasteiger partial charge in [0.25, 0.3) is 0 Å². The summed E-state index contributed by atoms with van der Waals surface area (Å²) < 4.78 is 1.98. The van der Waals surface area contributed by atoms with Crippen molar-refractivity contribution in [3.05, 3.63) is 36.0 Å². The van der Waals surface area contributed by atoms with E-state index in [1.54, 1.807) is 0 Å². The van der Waals surface area contributed by atoms with Crippen molar-refractivity contribution in [3.8, 4) is 0 Å². The lowest BCUT2D eigenvalue weighted by Crippen LogP contribution is -2.39. The van der Waals surface area contributed by atoms with Crippen LogP contribution < -0.4 is 5.32 Å². The zero-order chi connectivity index (χ0) is 17.3. The number of nitrogens with one attached hydrogen (secondary N) is 1. The molecule has 2 heterocycles. The summed E-state index contributed by atoms with van der Waals surface area (Å²) >= 11 is 0. The number of hydrogen-bond donors (Lipinski definition) is 1. The Labute approximate surface area is 154 Å². The Morgan fingerprint density at radius 1 is 1.04 bits per heavy atom. The van der Waals surface area contributed by atoms with E-state index in [9.17, 15) is 0 Å². The van der Waals surface area contributed by atoms with E-state index >= 15 is 0 Å². The number of nitrogens with zero attached hydrogens (tertiary/aromatic N) is 3. The van der Waals surface area contributed by atoms with Crippen LogP contribution in [-0.4, -0.2) is 20.6 Å². The molecule has 134 valence electrons. The van der Waals surface area contributed by atoms with Crippen LogP contribution in [0.1, 0.15) is 44.2 Å². The summed E-state index contributed by atoms with van der Waals surface area (Å²) in [5.74, 6) is 4.77. The third-order valence-corrected chi connectivity index (χ3v) is 7.32. The Hall–Kier alpha value is -2.10. The molecule has 3 bridgehead atoms. The number of fused-ring (bicyclic) bond motifs is 5. The lowest BCUT2D eigenvalue weighted by molar-refractivity contribution is 0.175. The van der Waals surface area contributed by atoms with Crippen molar-refractivity contribution in [1.29, 1.82) is 0 Å². The van der Waals surface area contributed by atoms with Crippen molar-refractivity contribution in [3.63, 3.8) is 0 Å². The number of aryl methyl sites for hydroxylation is 1. The second-order valence-electron chi connectivity index (χ2n) is 8.96. The fourth-order valence-electron chi connectivity index (χ4n) is 6.27. The maximum atomic E-state index is 4.98. The summed E-state index contributed by atoms with van der Waals surface area (Å²) in [6.07, 6.45) is 8.64. The van der Waals surface area contributed by atoms with Crippen LogP contribution in [0.5, 0.6) is 0 Å². The minimum atomic E-state index is 0.589. The molecule has 6 rings (SSSR count). The lowest BCUT2D eigenvalue weighted by Gasteiger charge is -2.40. The molecule has 0 saturated heterocycles. The molecule has 5 atom stereocenters. The molecule has 4 heteroatoms. The first kappa shape index (κ1) is 15.0. The van der Waals surface area contributed by atoms with E-state index in [0.29, 0.717) is 6.04 Å². The maximum Gasteiger partial charge on any atom is 0.158 e. The van der Waals surface area contributed by atoms with Gasteiger partial charge in [0.1, 0.15) is 5.82 Å². The van der Waals surface area contributed by atoms with Crippen LogP contribution in [0.2, 0.25) is 0 Å². The average Bonchev–Trinajstić information content (AvgIpc) is 3.16. The van der Waals surface area contributed by atoms with Gasteiger partial charge < -0.3 is 5.32 Å². The van der Waals surface area contributed by atoms with Crippen molar-refractivity contribution in [2.24, 2.45) is 23.7 Å².